The molecule has 0 aliphatic heterocycles. The highest BCUT2D eigenvalue weighted by molar-refractivity contribution is 6.01. The van der Waals surface area contributed by atoms with Crippen LogP contribution in [0.15, 0.2) is 42.5 Å². The number of carbonyl (C=O) groups is 1. The van der Waals surface area contributed by atoms with E-state index in [1.807, 2.05) is 25.1 Å². The molecule has 0 aliphatic rings. The van der Waals surface area contributed by atoms with E-state index in [2.05, 4.69) is 4.98 Å². The topological polar surface area (TPSA) is 142 Å². The summed E-state index contributed by atoms with van der Waals surface area (Å²) >= 11 is 0. The Morgan fingerprint density at radius 3 is 2.17 bits per heavy atom. The van der Waals surface area contributed by atoms with Crippen LogP contribution in [-0.2, 0) is 16.0 Å². The van der Waals surface area contributed by atoms with Crippen LogP contribution >= 0.6 is 24.8 Å². The van der Waals surface area contributed by atoms with Crippen LogP contribution in [0.25, 0.3) is 22.2 Å². The average molecular weight is 450 g/mol. The van der Waals surface area contributed by atoms with Gasteiger partial charge in [-0.1, -0.05) is 43.3 Å². The Bertz CT molecular complexity index is 1060. The molecule has 3 aromatic rings. The number of hydrogen-bond donors (Lipinski definition) is 5. The zero-order chi connectivity index (χ0) is 20.3. The fraction of sp³-hybridized carbons (Fsp3) is 0.190. The van der Waals surface area contributed by atoms with E-state index in [1.54, 1.807) is 24.3 Å². The number of halogens is 2. The standard InChI is InChI=1S/C21H23N5O2.2ClH/c1-2-9-28-18(27)11-16-15-8-7-14(21(24)25)10-17(15)26-19(16)12-3-5-13(6-4-12)20(22)23;;/h3-8,10,26H,2,9,11H2,1H3,(H3,22,23)(H3,24,25);2*1H. The number of rotatable bonds is 7. The molecule has 30 heavy (non-hydrogen) atoms. The van der Waals surface area contributed by atoms with Gasteiger partial charge in [-0.05, 0) is 23.6 Å². The van der Waals surface area contributed by atoms with E-state index in [0.29, 0.717) is 17.7 Å². The van der Waals surface area contributed by atoms with Crippen molar-refractivity contribution in [3.63, 3.8) is 0 Å². The molecule has 9 heteroatoms. The van der Waals surface area contributed by atoms with Crippen LogP contribution < -0.4 is 11.5 Å². The van der Waals surface area contributed by atoms with Gasteiger partial charge in [-0.2, -0.15) is 0 Å². The van der Waals surface area contributed by atoms with Gasteiger partial charge in [-0.15, -0.1) is 24.8 Å². The number of nitrogen functional groups attached to an aromatic ring is 2. The van der Waals surface area contributed by atoms with Crippen molar-refractivity contribution in [2.45, 2.75) is 19.8 Å². The number of nitrogens with one attached hydrogen (secondary N) is 3. The molecule has 0 fully saturated rings. The quantitative estimate of drug-likeness (QED) is 0.212. The summed E-state index contributed by atoms with van der Waals surface area (Å²) in [4.78, 5) is 15.6. The van der Waals surface area contributed by atoms with Crippen LogP contribution in [0, 0.1) is 10.8 Å². The Hall–Kier alpha value is -3.03. The molecular weight excluding hydrogens is 425 g/mol. The summed E-state index contributed by atoms with van der Waals surface area (Å²) in [7, 11) is 0. The molecule has 0 atom stereocenters. The molecule has 1 aromatic heterocycles. The Morgan fingerprint density at radius 2 is 1.60 bits per heavy atom. The third kappa shape index (κ3) is 5.31. The number of hydrogen-bond acceptors (Lipinski definition) is 4. The predicted molar refractivity (Wildman–Crippen MR) is 125 cm³/mol. The summed E-state index contributed by atoms with van der Waals surface area (Å²) < 4.78 is 5.27. The Kier molecular flexibility index (Phi) is 8.89. The lowest BCUT2D eigenvalue weighted by atomic mass is 10.0. The summed E-state index contributed by atoms with van der Waals surface area (Å²) in [5.41, 5.74) is 15.6. The van der Waals surface area contributed by atoms with Gasteiger partial charge in [0, 0.05) is 22.0 Å². The van der Waals surface area contributed by atoms with Crippen LogP contribution in [-0.4, -0.2) is 29.2 Å². The normalized spacial score (nSPS) is 10.0. The van der Waals surface area contributed by atoms with Gasteiger partial charge in [0.05, 0.1) is 18.7 Å². The number of ether oxygens (including phenoxy) is 1. The number of benzene rings is 2. The molecule has 7 N–H and O–H groups in total. The van der Waals surface area contributed by atoms with Gasteiger partial charge in [-0.3, -0.25) is 15.6 Å². The van der Waals surface area contributed by atoms with Crippen LogP contribution in [0.4, 0.5) is 0 Å². The van der Waals surface area contributed by atoms with Gasteiger partial charge in [0.1, 0.15) is 11.7 Å². The number of carbonyl (C=O) groups excluding carboxylic acids is 1. The number of H-pyrrole nitrogens is 1. The van der Waals surface area contributed by atoms with Crippen molar-refractivity contribution < 1.29 is 9.53 Å². The molecule has 160 valence electrons. The van der Waals surface area contributed by atoms with Crippen molar-refractivity contribution in [3.05, 3.63) is 59.2 Å². The minimum absolute atomic E-state index is 0. The Balaban J connectivity index is 0.00000225. The number of nitrogens with two attached hydrogens (primary N) is 2. The van der Waals surface area contributed by atoms with Crippen molar-refractivity contribution in [3.8, 4) is 11.3 Å². The number of aromatic amines is 1. The summed E-state index contributed by atoms with van der Waals surface area (Å²) in [6, 6.07) is 12.7. The smallest absolute Gasteiger partial charge is 0.310 e. The van der Waals surface area contributed by atoms with Crippen molar-refractivity contribution >= 4 is 53.4 Å². The van der Waals surface area contributed by atoms with E-state index in [4.69, 9.17) is 27.0 Å². The van der Waals surface area contributed by atoms with Crippen LogP contribution in [0.1, 0.15) is 30.0 Å². The third-order valence-electron chi connectivity index (χ3n) is 4.49. The first-order valence-corrected chi connectivity index (χ1v) is 9.00. The highest BCUT2D eigenvalue weighted by Crippen LogP contribution is 2.32. The summed E-state index contributed by atoms with van der Waals surface area (Å²) in [5, 5.41) is 16.1. The lowest BCUT2D eigenvalue weighted by molar-refractivity contribution is -0.142. The predicted octanol–water partition coefficient (Wildman–Crippen LogP) is 3.74. The molecule has 3 rings (SSSR count). The van der Waals surface area contributed by atoms with Crippen molar-refractivity contribution in [1.29, 1.82) is 10.8 Å². The molecule has 0 bridgehead atoms. The van der Waals surface area contributed by atoms with E-state index in [1.165, 1.54) is 0 Å². The van der Waals surface area contributed by atoms with E-state index in [-0.39, 0.29) is 48.9 Å². The largest absolute Gasteiger partial charge is 0.465 e. The summed E-state index contributed by atoms with van der Waals surface area (Å²) in [6.45, 7) is 2.34. The highest BCUT2D eigenvalue weighted by Gasteiger charge is 2.18. The van der Waals surface area contributed by atoms with Crippen LogP contribution in [0.5, 0.6) is 0 Å². The molecular formula is C21H25Cl2N5O2. The second-order valence-electron chi connectivity index (χ2n) is 6.54. The SMILES string of the molecule is CCCOC(=O)Cc1c(-c2ccc(C(=N)N)cc2)[nH]c2cc(C(=N)N)ccc12.Cl.Cl. The van der Waals surface area contributed by atoms with Crippen molar-refractivity contribution in [1.82, 2.24) is 4.98 Å². The summed E-state index contributed by atoms with van der Waals surface area (Å²) in [5.74, 6) is -0.314. The zero-order valence-corrected chi connectivity index (χ0v) is 18.1. The van der Waals surface area contributed by atoms with E-state index in [9.17, 15) is 4.79 Å². The van der Waals surface area contributed by atoms with Crippen molar-refractivity contribution in [2.24, 2.45) is 11.5 Å². The van der Waals surface area contributed by atoms with Gasteiger partial charge >= 0.3 is 5.97 Å². The molecule has 0 unspecified atom stereocenters. The lowest BCUT2D eigenvalue weighted by Gasteiger charge is -2.07. The fourth-order valence-corrected chi connectivity index (χ4v) is 3.08. The molecule has 0 saturated carbocycles. The van der Waals surface area contributed by atoms with Gasteiger partial charge in [0.25, 0.3) is 0 Å². The second-order valence-corrected chi connectivity index (χ2v) is 6.54. The maximum absolute atomic E-state index is 12.3. The second kappa shape index (κ2) is 10.7. The van der Waals surface area contributed by atoms with Gasteiger partial charge in [0.2, 0.25) is 0 Å². The molecule has 0 radical (unpaired) electrons. The molecule has 1 heterocycles. The first-order valence-electron chi connectivity index (χ1n) is 9.00. The molecule has 2 aromatic carbocycles. The van der Waals surface area contributed by atoms with Crippen molar-refractivity contribution in [2.75, 3.05) is 6.61 Å². The molecule has 0 spiro atoms. The molecule has 7 nitrogen and oxygen atoms in total. The average Bonchev–Trinajstić information content (AvgIpc) is 3.04. The third-order valence-corrected chi connectivity index (χ3v) is 4.49. The number of fused-ring (bicyclic) bond motifs is 1. The first-order chi connectivity index (χ1) is 13.4. The minimum atomic E-state index is -0.292. The maximum atomic E-state index is 12.3. The Labute approximate surface area is 187 Å². The van der Waals surface area contributed by atoms with Gasteiger partial charge in [0.15, 0.2) is 0 Å². The van der Waals surface area contributed by atoms with E-state index in [0.717, 1.165) is 34.1 Å². The van der Waals surface area contributed by atoms with Gasteiger partial charge in [-0.25, -0.2) is 0 Å². The molecule has 0 amide bonds. The van der Waals surface area contributed by atoms with Crippen LogP contribution in [0.3, 0.4) is 0 Å². The van der Waals surface area contributed by atoms with E-state index < -0.39 is 0 Å². The molecule has 0 aliphatic carbocycles. The van der Waals surface area contributed by atoms with Gasteiger partial charge < -0.3 is 21.2 Å². The molecule has 0 saturated heterocycles. The van der Waals surface area contributed by atoms with Crippen LogP contribution in [0.2, 0.25) is 0 Å². The number of esters is 1. The monoisotopic (exact) mass is 449 g/mol. The fourth-order valence-electron chi connectivity index (χ4n) is 3.08. The minimum Gasteiger partial charge on any atom is -0.465 e. The Morgan fingerprint density at radius 1 is 1.00 bits per heavy atom. The number of amidine groups is 2. The number of aromatic nitrogens is 1. The maximum Gasteiger partial charge on any atom is 0.310 e. The highest BCUT2D eigenvalue weighted by atomic mass is 35.5. The van der Waals surface area contributed by atoms with E-state index >= 15 is 0 Å². The lowest BCUT2D eigenvalue weighted by Crippen LogP contribution is -2.11. The zero-order valence-electron chi connectivity index (χ0n) is 16.5. The summed E-state index contributed by atoms with van der Waals surface area (Å²) in [6.07, 6.45) is 0.893. The first kappa shape index (κ1) is 25.0.